The van der Waals surface area contributed by atoms with Crippen LogP contribution < -0.4 is 10.2 Å². The number of aromatic nitrogens is 2. The smallest absolute Gasteiger partial charge is 0.353 e. The zero-order valence-electron chi connectivity index (χ0n) is 16.0. The van der Waals surface area contributed by atoms with E-state index in [0.29, 0.717) is 26.1 Å². The third-order valence-electron chi connectivity index (χ3n) is 4.43. The van der Waals surface area contributed by atoms with Crippen LogP contribution in [0, 0.1) is 10.1 Å². The largest absolute Gasteiger partial charge is 0.385 e. The van der Waals surface area contributed by atoms with Crippen molar-refractivity contribution in [3.8, 4) is 0 Å². The Morgan fingerprint density at radius 2 is 1.96 bits per heavy atom. The first-order valence-electron chi connectivity index (χ1n) is 9.14. The lowest BCUT2D eigenvalue weighted by Gasteiger charge is -2.24. The Labute approximate surface area is 163 Å². The van der Waals surface area contributed by atoms with E-state index >= 15 is 0 Å². The molecule has 3 rings (SSSR count). The van der Waals surface area contributed by atoms with Crippen molar-refractivity contribution in [2.45, 2.75) is 13.3 Å². The molecule has 0 radical (unpaired) electrons. The first-order chi connectivity index (χ1) is 13.7. The molecule has 8 nitrogen and oxygen atoms in total. The number of rotatable bonds is 9. The summed E-state index contributed by atoms with van der Waals surface area (Å²) in [4.78, 5) is 21.7. The van der Waals surface area contributed by atoms with Gasteiger partial charge in [-0.1, -0.05) is 36.4 Å². The summed E-state index contributed by atoms with van der Waals surface area (Å²) in [6, 6.07) is 13.9. The van der Waals surface area contributed by atoms with Crippen molar-refractivity contribution in [2.75, 3.05) is 37.0 Å². The van der Waals surface area contributed by atoms with E-state index in [2.05, 4.69) is 15.3 Å². The number of benzene rings is 2. The molecule has 0 amide bonds. The van der Waals surface area contributed by atoms with Crippen LogP contribution in [-0.2, 0) is 4.74 Å². The summed E-state index contributed by atoms with van der Waals surface area (Å²) >= 11 is 0. The second-order valence-electron chi connectivity index (χ2n) is 6.17. The number of methoxy groups -OCH3 is 1. The van der Waals surface area contributed by atoms with Gasteiger partial charge in [-0.3, -0.25) is 10.1 Å². The fourth-order valence-corrected chi connectivity index (χ4v) is 3.17. The average Bonchev–Trinajstić information content (AvgIpc) is 2.72. The van der Waals surface area contributed by atoms with Gasteiger partial charge in [0.1, 0.15) is 6.33 Å². The highest BCUT2D eigenvalue weighted by Crippen LogP contribution is 2.38. The summed E-state index contributed by atoms with van der Waals surface area (Å²) in [7, 11) is 1.62. The molecule has 0 aliphatic carbocycles. The van der Waals surface area contributed by atoms with Gasteiger partial charge in [0.2, 0.25) is 11.6 Å². The zero-order chi connectivity index (χ0) is 19.9. The van der Waals surface area contributed by atoms with Crippen molar-refractivity contribution in [3.05, 3.63) is 58.9 Å². The molecule has 0 aliphatic rings. The molecule has 0 atom stereocenters. The monoisotopic (exact) mass is 381 g/mol. The molecule has 28 heavy (non-hydrogen) atoms. The van der Waals surface area contributed by atoms with E-state index < -0.39 is 4.92 Å². The number of nitrogens with zero attached hydrogens (tertiary/aromatic N) is 4. The minimum Gasteiger partial charge on any atom is -0.385 e. The lowest BCUT2D eigenvalue weighted by molar-refractivity contribution is -0.383. The van der Waals surface area contributed by atoms with E-state index in [0.717, 1.165) is 16.5 Å². The highest BCUT2D eigenvalue weighted by Gasteiger charge is 2.27. The third-order valence-corrected chi connectivity index (χ3v) is 4.43. The van der Waals surface area contributed by atoms with E-state index in [9.17, 15) is 10.1 Å². The standard InChI is InChI=1S/C20H23N5O3/c1-3-24(17-11-6-9-15-8-4-5-10-16(15)17)20-18(25(26)27)19(22-14-23-20)21-12-7-13-28-2/h4-6,8-11,14H,3,7,12-13H2,1-2H3,(H,21,22,23). The predicted molar refractivity (Wildman–Crippen MR) is 110 cm³/mol. The Morgan fingerprint density at radius 1 is 1.18 bits per heavy atom. The summed E-state index contributed by atoms with van der Waals surface area (Å²) in [5.74, 6) is 0.484. The highest BCUT2D eigenvalue weighted by atomic mass is 16.6. The molecule has 2 aromatic carbocycles. The Morgan fingerprint density at radius 3 is 2.71 bits per heavy atom. The fourth-order valence-electron chi connectivity index (χ4n) is 3.17. The van der Waals surface area contributed by atoms with E-state index in [1.54, 1.807) is 7.11 Å². The molecule has 0 spiro atoms. The summed E-state index contributed by atoms with van der Waals surface area (Å²) in [6.45, 7) is 3.55. The molecule has 0 saturated heterocycles. The summed E-state index contributed by atoms with van der Waals surface area (Å²) in [6.07, 6.45) is 2.07. The molecule has 146 valence electrons. The van der Waals surface area contributed by atoms with Gasteiger partial charge in [0.25, 0.3) is 0 Å². The van der Waals surface area contributed by atoms with Crippen LogP contribution in [0.5, 0.6) is 0 Å². The quantitative estimate of drug-likeness (QED) is 0.338. The Bertz CT molecular complexity index is 958. The van der Waals surface area contributed by atoms with Crippen molar-refractivity contribution in [1.82, 2.24) is 9.97 Å². The van der Waals surface area contributed by atoms with E-state index in [4.69, 9.17) is 4.74 Å². The van der Waals surface area contributed by atoms with Gasteiger partial charge < -0.3 is 15.0 Å². The first-order valence-corrected chi connectivity index (χ1v) is 9.14. The summed E-state index contributed by atoms with van der Waals surface area (Å²) in [5.41, 5.74) is 0.738. The molecular formula is C20H23N5O3. The van der Waals surface area contributed by atoms with Gasteiger partial charge in [-0.15, -0.1) is 0 Å². The van der Waals surface area contributed by atoms with Crippen LogP contribution in [0.25, 0.3) is 10.8 Å². The Balaban J connectivity index is 2.06. The predicted octanol–water partition coefficient (Wildman–Crippen LogP) is 4.14. The average molecular weight is 381 g/mol. The van der Waals surface area contributed by atoms with Crippen LogP contribution in [0.1, 0.15) is 13.3 Å². The van der Waals surface area contributed by atoms with E-state index in [1.165, 1.54) is 6.33 Å². The summed E-state index contributed by atoms with van der Waals surface area (Å²) < 4.78 is 5.02. The number of fused-ring (bicyclic) bond motifs is 1. The maximum atomic E-state index is 11.9. The molecule has 0 saturated carbocycles. The number of hydrogen-bond donors (Lipinski definition) is 1. The molecule has 1 aromatic heterocycles. The molecule has 1 N–H and O–H groups in total. The number of anilines is 3. The minimum absolute atomic E-state index is 0.130. The van der Waals surface area contributed by atoms with Gasteiger partial charge >= 0.3 is 5.69 Å². The lowest BCUT2D eigenvalue weighted by atomic mass is 10.1. The van der Waals surface area contributed by atoms with Crippen LogP contribution in [0.4, 0.5) is 23.0 Å². The number of nitro groups is 1. The van der Waals surface area contributed by atoms with Gasteiger partial charge in [-0.25, -0.2) is 9.97 Å². The van der Waals surface area contributed by atoms with Gasteiger partial charge in [0.05, 0.1) is 10.6 Å². The van der Waals surface area contributed by atoms with Crippen LogP contribution >= 0.6 is 0 Å². The Hall–Kier alpha value is -3.26. The topological polar surface area (TPSA) is 93.4 Å². The SMILES string of the molecule is CCN(c1ncnc(NCCCOC)c1[N+](=O)[O-])c1cccc2ccccc12. The van der Waals surface area contributed by atoms with Crippen molar-refractivity contribution < 1.29 is 9.66 Å². The maximum absolute atomic E-state index is 11.9. The molecule has 0 bridgehead atoms. The Kier molecular flexibility index (Phi) is 6.33. The maximum Gasteiger partial charge on any atom is 0.353 e. The molecule has 8 heteroatoms. The minimum atomic E-state index is -0.429. The van der Waals surface area contributed by atoms with Gasteiger partial charge in [0.15, 0.2) is 0 Å². The van der Waals surface area contributed by atoms with Crippen molar-refractivity contribution in [2.24, 2.45) is 0 Å². The van der Waals surface area contributed by atoms with Crippen LogP contribution in [0.3, 0.4) is 0 Å². The van der Waals surface area contributed by atoms with Crippen molar-refractivity contribution in [3.63, 3.8) is 0 Å². The fraction of sp³-hybridized carbons (Fsp3) is 0.300. The lowest BCUT2D eigenvalue weighted by Crippen LogP contribution is -2.20. The molecule has 0 aliphatic heterocycles. The second kappa shape index (κ2) is 9.09. The van der Waals surface area contributed by atoms with E-state index in [1.807, 2.05) is 54.3 Å². The highest BCUT2D eigenvalue weighted by molar-refractivity contribution is 5.96. The van der Waals surface area contributed by atoms with Crippen LogP contribution in [0.15, 0.2) is 48.8 Å². The molecule has 3 aromatic rings. The molecule has 0 fully saturated rings. The van der Waals surface area contributed by atoms with Crippen LogP contribution in [-0.4, -0.2) is 41.7 Å². The second-order valence-corrected chi connectivity index (χ2v) is 6.17. The number of nitrogens with one attached hydrogen (secondary N) is 1. The zero-order valence-corrected chi connectivity index (χ0v) is 16.0. The van der Waals surface area contributed by atoms with Gasteiger partial charge in [-0.2, -0.15) is 0 Å². The van der Waals surface area contributed by atoms with Gasteiger partial charge in [0, 0.05) is 32.2 Å². The number of ether oxygens (including phenoxy) is 1. The van der Waals surface area contributed by atoms with E-state index in [-0.39, 0.29) is 17.3 Å². The van der Waals surface area contributed by atoms with Gasteiger partial charge in [-0.05, 0) is 24.8 Å². The van der Waals surface area contributed by atoms with Crippen molar-refractivity contribution >= 4 is 33.8 Å². The summed E-state index contributed by atoms with van der Waals surface area (Å²) in [5, 5.41) is 17.0. The molecule has 0 unspecified atom stereocenters. The number of hydrogen-bond acceptors (Lipinski definition) is 7. The molecular weight excluding hydrogens is 358 g/mol. The van der Waals surface area contributed by atoms with Crippen LogP contribution in [0.2, 0.25) is 0 Å². The normalized spacial score (nSPS) is 10.8. The van der Waals surface area contributed by atoms with Crippen molar-refractivity contribution in [1.29, 1.82) is 0 Å². The third kappa shape index (κ3) is 4.01. The molecule has 1 heterocycles. The first kappa shape index (κ1) is 19.5.